The molecular weight excluding hydrogens is 317 g/mol. The maximum absolute atomic E-state index is 13.1. The van der Waals surface area contributed by atoms with E-state index in [1.165, 1.54) is 12.1 Å². The van der Waals surface area contributed by atoms with E-state index in [4.69, 9.17) is 0 Å². The highest BCUT2D eigenvalue weighted by Crippen LogP contribution is 2.22. The number of hydrogen-bond acceptors (Lipinski definition) is 3. The highest BCUT2D eigenvalue weighted by molar-refractivity contribution is 5.79. The van der Waals surface area contributed by atoms with Crippen LogP contribution in [0.5, 0.6) is 0 Å². The fourth-order valence-electron chi connectivity index (χ4n) is 3.98. The van der Waals surface area contributed by atoms with Gasteiger partial charge in [-0.05, 0) is 63.9 Å². The van der Waals surface area contributed by atoms with Gasteiger partial charge >= 0.3 is 0 Å². The molecule has 0 aromatic heterocycles. The first kappa shape index (κ1) is 18.2. The minimum Gasteiger partial charge on any atom is -0.370 e. The van der Waals surface area contributed by atoms with E-state index in [2.05, 4.69) is 28.5 Å². The molecule has 0 spiro atoms. The number of likely N-dealkylation sites (tertiary alicyclic amines) is 1. The van der Waals surface area contributed by atoms with Gasteiger partial charge in [0.05, 0.1) is 5.92 Å². The molecule has 1 atom stereocenters. The standard InChI is InChI=1S/C20H30FN3O/c1-16(2)24-10-3-5-17(15-24)20(25)23-12-4-11-22(13-14-23)19-8-6-18(21)7-9-19/h6-9,16-17H,3-5,10-15H2,1-2H3/t17-/m0/s1. The van der Waals surface area contributed by atoms with Crippen LogP contribution in [-0.4, -0.2) is 61.0 Å². The van der Waals surface area contributed by atoms with E-state index in [9.17, 15) is 9.18 Å². The Morgan fingerprint density at radius 1 is 1.04 bits per heavy atom. The lowest BCUT2D eigenvalue weighted by molar-refractivity contribution is -0.137. The van der Waals surface area contributed by atoms with Gasteiger partial charge in [-0.25, -0.2) is 4.39 Å². The average molecular weight is 347 g/mol. The van der Waals surface area contributed by atoms with Gasteiger partial charge in [-0.1, -0.05) is 0 Å². The first-order valence-electron chi connectivity index (χ1n) is 9.58. The summed E-state index contributed by atoms with van der Waals surface area (Å²) in [5.74, 6) is 0.266. The number of carbonyl (C=O) groups excluding carboxylic acids is 1. The van der Waals surface area contributed by atoms with E-state index in [-0.39, 0.29) is 11.7 Å². The molecule has 0 N–H and O–H groups in total. The number of amides is 1. The van der Waals surface area contributed by atoms with E-state index < -0.39 is 0 Å². The molecule has 2 saturated heterocycles. The first-order valence-corrected chi connectivity index (χ1v) is 9.58. The van der Waals surface area contributed by atoms with Crippen LogP contribution in [0.1, 0.15) is 33.1 Å². The zero-order valence-corrected chi connectivity index (χ0v) is 15.5. The molecule has 2 heterocycles. The van der Waals surface area contributed by atoms with Crippen molar-refractivity contribution in [1.82, 2.24) is 9.80 Å². The molecule has 0 unspecified atom stereocenters. The molecule has 2 fully saturated rings. The smallest absolute Gasteiger partial charge is 0.227 e. The van der Waals surface area contributed by atoms with Crippen LogP contribution in [0.4, 0.5) is 10.1 Å². The normalized spacial score (nSPS) is 23.0. The lowest BCUT2D eigenvalue weighted by atomic mass is 9.95. The van der Waals surface area contributed by atoms with Crippen LogP contribution in [-0.2, 0) is 4.79 Å². The van der Waals surface area contributed by atoms with Crippen LogP contribution in [0.3, 0.4) is 0 Å². The fourth-order valence-corrected chi connectivity index (χ4v) is 3.98. The molecule has 4 nitrogen and oxygen atoms in total. The third-order valence-corrected chi connectivity index (χ3v) is 5.53. The average Bonchev–Trinajstić information content (AvgIpc) is 2.88. The molecule has 2 aliphatic heterocycles. The monoisotopic (exact) mass is 347 g/mol. The summed E-state index contributed by atoms with van der Waals surface area (Å²) in [6.45, 7) is 9.74. The van der Waals surface area contributed by atoms with Crippen molar-refractivity contribution in [1.29, 1.82) is 0 Å². The number of halogens is 1. The highest BCUT2D eigenvalue weighted by Gasteiger charge is 2.30. The molecule has 1 aromatic carbocycles. The van der Waals surface area contributed by atoms with Crippen LogP contribution in [0, 0.1) is 11.7 Å². The van der Waals surface area contributed by atoms with Gasteiger partial charge in [-0.3, -0.25) is 4.79 Å². The second-order valence-corrected chi connectivity index (χ2v) is 7.57. The van der Waals surface area contributed by atoms with Crippen LogP contribution in [0.25, 0.3) is 0 Å². The summed E-state index contributed by atoms with van der Waals surface area (Å²) < 4.78 is 13.1. The van der Waals surface area contributed by atoms with Crippen LogP contribution in [0.2, 0.25) is 0 Å². The lowest BCUT2D eigenvalue weighted by Crippen LogP contribution is -2.47. The number of benzene rings is 1. The Kier molecular flexibility index (Phi) is 5.94. The molecule has 0 aliphatic carbocycles. The van der Waals surface area contributed by atoms with Gasteiger partial charge < -0.3 is 14.7 Å². The van der Waals surface area contributed by atoms with E-state index in [1.54, 1.807) is 0 Å². The van der Waals surface area contributed by atoms with Crippen LogP contribution in [0.15, 0.2) is 24.3 Å². The summed E-state index contributed by atoms with van der Waals surface area (Å²) in [6, 6.07) is 7.17. The van der Waals surface area contributed by atoms with Gasteiger partial charge in [0, 0.05) is 44.5 Å². The van der Waals surface area contributed by atoms with Gasteiger partial charge in [0.2, 0.25) is 5.91 Å². The molecule has 0 bridgehead atoms. The number of piperidine rings is 1. The second kappa shape index (κ2) is 8.17. The zero-order chi connectivity index (χ0) is 17.8. The van der Waals surface area contributed by atoms with Gasteiger partial charge in [0.1, 0.15) is 5.82 Å². The maximum Gasteiger partial charge on any atom is 0.227 e. The number of rotatable bonds is 3. The predicted octanol–water partition coefficient (Wildman–Crippen LogP) is 2.98. The van der Waals surface area contributed by atoms with E-state index in [0.29, 0.717) is 11.9 Å². The molecule has 1 aromatic rings. The molecule has 5 heteroatoms. The molecule has 2 aliphatic rings. The fraction of sp³-hybridized carbons (Fsp3) is 0.650. The topological polar surface area (TPSA) is 26.8 Å². The number of carbonyl (C=O) groups is 1. The van der Waals surface area contributed by atoms with Gasteiger partial charge in [0.15, 0.2) is 0 Å². The van der Waals surface area contributed by atoms with Crippen molar-refractivity contribution in [3.63, 3.8) is 0 Å². The zero-order valence-electron chi connectivity index (χ0n) is 15.5. The Morgan fingerprint density at radius 2 is 1.80 bits per heavy atom. The largest absolute Gasteiger partial charge is 0.370 e. The van der Waals surface area contributed by atoms with Gasteiger partial charge in [0.25, 0.3) is 0 Å². The number of hydrogen-bond donors (Lipinski definition) is 0. The molecule has 0 saturated carbocycles. The van der Waals surface area contributed by atoms with Gasteiger partial charge in [-0.2, -0.15) is 0 Å². The molecule has 25 heavy (non-hydrogen) atoms. The van der Waals surface area contributed by atoms with Crippen LogP contribution < -0.4 is 4.90 Å². The Hall–Kier alpha value is -1.62. The SMILES string of the molecule is CC(C)N1CCC[C@H](C(=O)N2CCCN(c3ccc(F)cc3)CC2)C1. The number of nitrogens with zero attached hydrogens (tertiary/aromatic N) is 3. The summed E-state index contributed by atoms with van der Waals surface area (Å²) >= 11 is 0. The predicted molar refractivity (Wildman–Crippen MR) is 99.2 cm³/mol. The molecular formula is C20H30FN3O. The molecule has 1 amide bonds. The van der Waals surface area contributed by atoms with Gasteiger partial charge in [-0.15, -0.1) is 0 Å². The van der Waals surface area contributed by atoms with Crippen LogP contribution >= 0.6 is 0 Å². The third-order valence-electron chi connectivity index (χ3n) is 5.53. The molecule has 3 rings (SSSR count). The number of anilines is 1. The highest BCUT2D eigenvalue weighted by atomic mass is 19.1. The maximum atomic E-state index is 13.1. The molecule has 138 valence electrons. The minimum absolute atomic E-state index is 0.147. The van der Waals surface area contributed by atoms with E-state index in [1.807, 2.05) is 12.1 Å². The Bertz CT molecular complexity index is 575. The Labute approximate surface area is 150 Å². The van der Waals surface area contributed by atoms with Crippen molar-refractivity contribution >= 4 is 11.6 Å². The van der Waals surface area contributed by atoms with Crippen molar-refractivity contribution in [2.45, 2.75) is 39.2 Å². The molecule has 0 radical (unpaired) electrons. The summed E-state index contributed by atoms with van der Waals surface area (Å²) in [4.78, 5) is 19.7. The third kappa shape index (κ3) is 4.51. The van der Waals surface area contributed by atoms with E-state index >= 15 is 0 Å². The van der Waals surface area contributed by atoms with Crippen molar-refractivity contribution in [3.8, 4) is 0 Å². The second-order valence-electron chi connectivity index (χ2n) is 7.57. The first-order chi connectivity index (χ1) is 12.0. The summed E-state index contributed by atoms with van der Waals surface area (Å²) in [6.07, 6.45) is 3.09. The van der Waals surface area contributed by atoms with Crippen molar-refractivity contribution < 1.29 is 9.18 Å². The van der Waals surface area contributed by atoms with Crippen molar-refractivity contribution in [3.05, 3.63) is 30.1 Å². The van der Waals surface area contributed by atoms with Crippen molar-refractivity contribution in [2.75, 3.05) is 44.2 Å². The Balaban J connectivity index is 1.58. The summed E-state index contributed by atoms with van der Waals surface area (Å²) in [7, 11) is 0. The summed E-state index contributed by atoms with van der Waals surface area (Å²) in [5.41, 5.74) is 1.04. The lowest BCUT2D eigenvalue weighted by Gasteiger charge is -2.36. The van der Waals surface area contributed by atoms with Crippen molar-refractivity contribution in [2.24, 2.45) is 5.92 Å². The Morgan fingerprint density at radius 3 is 2.52 bits per heavy atom. The van der Waals surface area contributed by atoms with E-state index in [0.717, 1.165) is 64.2 Å². The quantitative estimate of drug-likeness (QED) is 0.841. The minimum atomic E-state index is -0.206. The summed E-state index contributed by atoms with van der Waals surface area (Å²) in [5, 5.41) is 0.